The average Bonchev–Trinajstić information content (AvgIpc) is 2.83. The Morgan fingerprint density at radius 2 is 1.63 bits per heavy atom. The molecule has 3 aromatic carbocycles. The first kappa shape index (κ1) is 28.9. The first-order chi connectivity index (χ1) is 17.9. The van der Waals surface area contributed by atoms with Gasteiger partial charge in [0, 0.05) is 29.1 Å². The zero-order chi connectivity index (χ0) is 28.0. The molecule has 1 atom stereocenters. The summed E-state index contributed by atoms with van der Waals surface area (Å²) in [7, 11) is -3.87. The summed E-state index contributed by atoms with van der Waals surface area (Å²) >= 11 is 12.1. The Kier molecular flexibility index (Phi) is 9.34. The molecule has 3 rings (SSSR count). The van der Waals surface area contributed by atoms with Gasteiger partial charge in [0.1, 0.15) is 5.75 Å². The third-order valence-electron chi connectivity index (χ3n) is 5.25. The number of halogens is 2. The van der Waals surface area contributed by atoms with Crippen LogP contribution < -0.4 is 21.2 Å². The second-order valence-electron chi connectivity index (χ2n) is 8.38. The van der Waals surface area contributed by atoms with E-state index in [1.54, 1.807) is 24.3 Å². The number of nitrogens with zero attached hydrogens (tertiary/aromatic N) is 1. The van der Waals surface area contributed by atoms with Crippen LogP contribution in [0.4, 0.5) is 11.4 Å². The molecule has 13 heteroatoms. The van der Waals surface area contributed by atoms with Crippen molar-refractivity contribution in [3.63, 3.8) is 0 Å². The molecular weight excluding hydrogens is 553 g/mol. The van der Waals surface area contributed by atoms with Crippen molar-refractivity contribution in [1.29, 1.82) is 0 Å². The summed E-state index contributed by atoms with van der Waals surface area (Å²) in [5.41, 5.74) is 1.43. The Labute approximate surface area is 229 Å². The molecule has 38 heavy (non-hydrogen) atoms. The van der Waals surface area contributed by atoms with Gasteiger partial charge >= 0.3 is 0 Å². The number of hydrazone groups is 1. The van der Waals surface area contributed by atoms with Crippen molar-refractivity contribution in [3.8, 4) is 5.75 Å². The van der Waals surface area contributed by atoms with Crippen molar-refractivity contribution in [3.05, 3.63) is 81.8 Å². The Bertz CT molecular complexity index is 1480. The summed E-state index contributed by atoms with van der Waals surface area (Å²) in [5.74, 6) is 3.78. The number of amides is 2. The second-order valence-corrected chi connectivity index (χ2v) is 10.9. The van der Waals surface area contributed by atoms with Gasteiger partial charge in [0.05, 0.1) is 21.3 Å². The van der Waals surface area contributed by atoms with Crippen LogP contribution in [0.5, 0.6) is 5.75 Å². The van der Waals surface area contributed by atoms with Crippen LogP contribution in [-0.4, -0.2) is 37.1 Å². The summed E-state index contributed by atoms with van der Waals surface area (Å²) in [6, 6.07) is 14.2. The molecule has 0 saturated carbocycles. The van der Waals surface area contributed by atoms with Gasteiger partial charge in [0.15, 0.2) is 5.71 Å². The Hall–Kier alpha value is -3.64. The minimum atomic E-state index is -3.87. The fraction of sp³-hybridized carbons (Fsp3) is 0.160. The molecule has 0 spiro atoms. The number of phenolic OH excluding ortho intramolecular Hbond substituents is 1. The van der Waals surface area contributed by atoms with Gasteiger partial charge in [0.2, 0.25) is 15.9 Å². The second kappa shape index (κ2) is 12.3. The van der Waals surface area contributed by atoms with E-state index in [0.29, 0.717) is 10.6 Å². The fourth-order valence-electron chi connectivity index (χ4n) is 3.38. The highest BCUT2D eigenvalue weighted by molar-refractivity contribution is 7.89. The van der Waals surface area contributed by atoms with Crippen molar-refractivity contribution in [2.45, 2.75) is 31.2 Å². The van der Waals surface area contributed by atoms with E-state index in [2.05, 4.69) is 20.5 Å². The number of benzene rings is 3. The van der Waals surface area contributed by atoms with Crippen LogP contribution in [-0.2, 0) is 19.6 Å². The summed E-state index contributed by atoms with van der Waals surface area (Å²) in [4.78, 5) is 25.2. The first-order valence-corrected chi connectivity index (χ1v) is 13.4. The number of hydrogen-bond acceptors (Lipinski definition) is 7. The molecule has 0 aliphatic carbocycles. The van der Waals surface area contributed by atoms with Crippen molar-refractivity contribution >= 4 is 62.1 Å². The maximum atomic E-state index is 12.7. The summed E-state index contributed by atoms with van der Waals surface area (Å²) in [5, 5.41) is 19.4. The van der Waals surface area contributed by atoms with E-state index in [0.717, 1.165) is 11.6 Å². The molecule has 0 radical (unpaired) electrons. The highest BCUT2D eigenvalue weighted by Crippen LogP contribution is 2.34. The van der Waals surface area contributed by atoms with E-state index in [1.165, 1.54) is 37.3 Å². The Morgan fingerprint density at radius 3 is 2.24 bits per heavy atom. The molecule has 3 aromatic rings. The van der Waals surface area contributed by atoms with E-state index in [9.17, 15) is 23.1 Å². The summed E-state index contributed by atoms with van der Waals surface area (Å²) < 4.78 is 27.4. The van der Waals surface area contributed by atoms with Gasteiger partial charge < -0.3 is 21.6 Å². The van der Waals surface area contributed by atoms with E-state index in [-0.39, 0.29) is 39.2 Å². The highest BCUT2D eigenvalue weighted by atomic mass is 35.5. The largest absolute Gasteiger partial charge is 0.506 e. The monoisotopic (exact) mass is 577 g/mol. The predicted molar refractivity (Wildman–Crippen MR) is 148 cm³/mol. The highest BCUT2D eigenvalue weighted by Gasteiger charge is 2.21. The molecule has 6 N–H and O–H groups in total. The van der Waals surface area contributed by atoms with E-state index >= 15 is 0 Å². The normalized spacial score (nSPS) is 12.6. The van der Waals surface area contributed by atoms with E-state index in [4.69, 9.17) is 29.0 Å². The maximum Gasteiger partial charge on any atom is 0.276 e. The minimum absolute atomic E-state index is 0.00461. The lowest BCUT2D eigenvalue weighted by Gasteiger charge is -2.16. The molecule has 1 unspecified atom stereocenters. The Balaban J connectivity index is 1.65. The van der Waals surface area contributed by atoms with Crippen LogP contribution in [0.1, 0.15) is 24.5 Å². The zero-order valence-corrected chi connectivity index (χ0v) is 22.7. The number of sulfonamides is 1. The molecule has 10 nitrogen and oxygen atoms in total. The predicted octanol–water partition coefficient (Wildman–Crippen LogP) is 4.00. The SMILES string of the molecule is Cc1ccc(C(=NN)C(=O)Nc2cc(Cl)c(NC(=O)CC(C)NS(=O)(=O)c3ccc(Cl)cc3)cc2O)cc1. The third-order valence-corrected chi connectivity index (χ3v) is 7.42. The van der Waals surface area contributed by atoms with Gasteiger partial charge in [-0.25, -0.2) is 13.1 Å². The number of nitrogens with two attached hydrogens (primary N) is 1. The van der Waals surface area contributed by atoms with E-state index in [1.807, 2.05) is 6.92 Å². The topological polar surface area (TPSA) is 163 Å². The molecule has 0 fully saturated rings. The van der Waals surface area contributed by atoms with Gasteiger partial charge in [-0.05, 0) is 44.2 Å². The molecule has 0 aliphatic heterocycles. The van der Waals surface area contributed by atoms with Crippen LogP contribution in [0.2, 0.25) is 10.0 Å². The number of aryl methyl sites for hydroxylation is 1. The summed E-state index contributed by atoms with van der Waals surface area (Å²) in [6.45, 7) is 3.42. The number of aromatic hydroxyl groups is 1. The number of phenols is 1. The van der Waals surface area contributed by atoms with Crippen LogP contribution in [0.15, 0.2) is 70.7 Å². The van der Waals surface area contributed by atoms with Gasteiger partial charge in [-0.1, -0.05) is 53.0 Å². The third kappa shape index (κ3) is 7.45. The van der Waals surface area contributed by atoms with E-state index < -0.39 is 27.9 Å². The lowest BCUT2D eigenvalue weighted by molar-refractivity contribution is -0.116. The zero-order valence-electron chi connectivity index (χ0n) is 20.3. The minimum Gasteiger partial charge on any atom is -0.506 e. The van der Waals surface area contributed by atoms with Crippen molar-refractivity contribution in [2.75, 3.05) is 10.6 Å². The van der Waals surface area contributed by atoms with Crippen LogP contribution in [0.25, 0.3) is 0 Å². The molecule has 2 amide bonds. The average molecular weight is 578 g/mol. The number of anilines is 2. The molecule has 200 valence electrons. The molecule has 0 aromatic heterocycles. The first-order valence-electron chi connectivity index (χ1n) is 11.2. The molecular formula is C25H25Cl2N5O5S. The van der Waals surface area contributed by atoms with Crippen molar-refractivity contribution < 1.29 is 23.1 Å². The van der Waals surface area contributed by atoms with Gasteiger partial charge in [-0.15, -0.1) is 0 Å². The number of rotatable bonds is 9. The van der Waals surface area contributed by atoms with Gasteiger partial charge in [0.25, 0.3) is 5.91 Å². The van der Waals surface area contributed by atoms with Crippen LogP contribution in [0, 0.1) is 6.92 Å². The van der Waals surface area contributed by atoms with Crippen LogP contribution >= 0.6 is 23.2 Å². The standard InChI is InChI=1S/C25H25Cl2N5O5S/c1-14-3-5-16(6-4-14)24(31-28)25(35)30-21-12-19(27)20(13-22(21)33)29-23(34)11-15(2)32-38(36,37)18-9-7-17(26)8-10-18/h3-10,12-13,15,32-33H,11,28H2,1-2H3,(H,29,34)(H,30,35). The molecule has 0 bridgehead atoms. The quantitative estimate of drug-likeness (QED) is 0.112. The fourth-order valence-corrected chi connectivity index (χ4v) is 4.96. The van der Waals surface area contributed by atoms with Crippen LogP contribution in [0.3, 0.4) is 0 Å². The smallest absolute Gasteiger partial charge is 0.276 e. The molecule has 0 aliphatic rings. The number of hydrogen-bond donors (Lipinski definition) is 5. The van der Waals surface area contributed by atoms with Gasteiger partial charge in [-0.2, -0.15) is 5.10 Å². The lowest BCUT2D eigenvalue weighted by Crippen LogP contribution is -2.35. The van der Waals surface area contributed by atoms with Crippen molar-refractivity contribution in [1.82, 2.24) is 4.72 Å². The van der Waals surface area contributed by atoms with Crippen molar-refractivity contribution in [2.24, 2.45) is 10.9 Å². The molecule has 0 heterocycles. The maximum absolute atomic E-state index is 12.7. The number of carbonyl (C=O) groups excluding carboxylic acids is 2. The number of nitrogens with one attached hydrogen (secondary N) is 3. The lowest BCUT2D eigenvalue weighted by atomic mass is 10.1. The van der Waals surface area contributed by atoms with Gasteiger partial charge in [-0.3, -0.25) is 9.59 Å². The number of carbonyl (C=O) groups is 2. The molecule has 0 saturated heterocycles. The Morgan fingerprint density at radius 1 is 1.00 bits per heavy atom. The summed E-state index contributed by atoms with van der Waals surface area (Å²) in [6.07, 6.45) is -0.227.